The maximum absolute atomic E-state index is 12.3. The maximum atomic E-state index is 12.3. The lowest BCUT2D eigenvalue weighted by molar-refractivity contribution is 0.0991. The Bertz CT molecular complexity index is 686. The van der Waals surface area contributed by atoms with E-state index in [1.807, 2.05) is 6.07 Å². The Hall–Kier alpha value is -1.20. The maximum Gasteiger partial charge on any atom is 0.168 e. The van der Waals surface area contributed by atoms with Gasteiger partial charge < -0.3 is 4.74 Å². The zero-order valence-corrected chi connectivity index (χ0v) is 13.7. The van der Waals surface area contributed by atoms with Crippen molar-refractivity contribution in [3.05, 3.63) is 56.2 Å². The highest BCUT2D eigenvalue weighted by molar-refractivity contribution is 9.10. The number of halogens is 2. The van der Waals surface area contributed by atoms with Crippen LogP contribution in [0.5, 0.6) is 5.75 Å². The van der Waals surface area contributed by atoms with E-state index in [0.29, 0.717) is 18.6 Å². The van der Waals surface area contributed by atoms with Crippen molar-refractivity contribution in [2.75, 3.05) is 6.61 Å². The second-order valence-corrected chi connectivity index (χ2v) is 6.47. The van der Waals surface area contributed by atoms with E-state index in [-0.39, 0.29) is 5.78 Å². The summed E-state index contributed by atoms with van der Waals surface area (Å²) in [5.41, 5.74) is 2.69. The number of carbonyl (C=O) groups excluding carboxylic acids is 1. The Morgan fingerprint density at radius 1 is 1.20 bits per heavy atom. The second kappa shape index (κ2) is 5.66. The topological polar surface area (TPSA) is 39.2 Å². The van der Waals surface area contributed by atoms with Gasteiger partial charge in [0.25, 0.3) is 0 Å². The molecule has 0 amide bonds. The summed E-state index contributed by atoms with van der Waals surface area (Å²) >= 11 is 6.82. The number of aromatic nitrogens is 1. The Labute approximate surface area is 133 Å². The number of Topliss-reactive ketones (excluding diaryl/α,β-unsaturated/α-hetero) is 1. The highest BCUT2D eigenvalue weighted by Gasteiger charge is 2.19. The first kappa shape index (κ1) is 13.8. The quantitative estimate of drug-likeness (QED) is 0.737. The van der Waals surface area contributed by atoms with Crippen LogP contribution in [0.4, 0.5) is 0 Å². The molecule has 2 heterocycles. The largest absolute Gasteiger partial charge is 0.493 e. The van der Waals surface area contributed by atoms with Gasteiger partial charge in [0.1, 0.15) is 5.75 Å². The minimum atomic E-state index is 0.0367. The third-order valence-corrected chi connectivity index (χ3v) is 4.09. The van der Waals surface area contributed by atoms with E-state index in [1.165, 1.54) is 0 Å². The van der Waals surface area contributed by atoms with Crippen LogP contribution >= 0.6 is 31.9 Å². The average Bonchev–Trinajstić information content (AvgIpc) is 2.86. The van der Waals surface area contributed by atoms with Crippen LogP contribution in [0.25, 0.3) is 0 Å². The average molecular weight is 397 g/mol. The molecule has 1 aliphatic heterocycles. The molecule has 0 saturated carbocycles. The van der Waals surface area contributed by atoms with Gasteiger partial charge >= 0.3 is 0 Å². The summed E-state index contributed by atoms with van der Waals surface area (Å²) in [6.07, 6.45) is 4.47. The lowest BCUT2D eigenvalue weighted by Crippen LogP contribution is -2.05. The molecule has 3 nitrogen and oxygen atoms in total. The van der Waals surface area contributed by atoms with Gasteiger partial charge in [0.05, 0.1) is 6.61 Å². The summed E-state index contributed by atoms with van der Waals surface area (Å²) in [5.74, 6) is 0.902. The Morgan fingerprint density at radius 2 is 2.05 bits per heavy atom. The Morgan fingerprint density at radius 3 is 2.85 bits per heavy atom. The fourth-order valence-corrected chi connectivity index (χ4v) is 3.23. The van der Waals surface area contributed by atoms with Crippen LogP contribution in [0.1, 0.15) is 21.5 Å². The molecule has 20 heavy (non-hydrogen) atoms. The van der Waals surface area contributed by atoms with Crippen LogP contribution in [0.15, 0.2) is 39.5 Å². The van der Waals surface area contributed by atoms with Gasteiger partial charge in [0.15, 0.2) is 5.78 Å². The van der Waals surface area contributed by atoms with Gasteiger partial charge in [0.2, 0.25) is 0 Å². The van der Waals surface area contributed by atoms with Crippen molar-refractivity contribution in [1.29, 1.82) is 0 Å². The minimum absolute atomic E-state index is 0.0367. The van der Waals surface area contributed by atoms with Crippen molar-refractivity contribution in [3.63, 3.8) is 0 Å². The smallest absolute Gasteiger partial charge is 0.168 e. The van der Waals surface area contributed by atoms with E-state index in [1.54, 1.807) is 18.5 Å². The highest BCUT2D eigenvalue weighted by atomic mass is 79.9. The number of rotatable bonds is 3. The Balaban J connectivity index is 1.90. The van der Waals surface area contributed by atoms with E-state index >= 15 is 0 Å². The zero-order valence-electron chi connectivity index (χ0n) is 10.5. The molecule has 5 heteroatoms. The first-order valence-corrected chi connectivity index (χ1v) is 7.80. The molecule has 102 valence electrons. The molecule has 2 aromatic rings. The van der Waals surface area contributed by atoms with Crippen LogP contribution in [0.3, 0.4) is 0 Å². The first-order valence-electron chi connectivity index (χ1n) is 6.21. The molecule has 0 unspecified atom stereocenters. The lowest BCUT2D eigenvalue weighted by Gasteiger charge is -2.08. The van der Waals surface area contributed by atoms with Crippen LogP contribution in [-0.2, 0) is 12.8 Å². The third-order valence-electron chi connectivity index (χ3n) is 3.20. The molecular weight excluding hydrogens is 386 g/mol. The number of benzene rings is 1. The second-order valence-electron chi connectivity index (χ2n) is 4.64. The number of hydrogen-bond donors (Lipinski definition) is 0. The molecule has 1 aromatic heterocycles. The molecule has 1 aromatic carbocycles. The van der Waals surface area contributed by atoms with E-state index in [4.69, 9.17) is 4.74 Å². The van der Waals surface area contributed by atoms with Gasteiger partial charge in [-0.2, -0.15) is 0 Å². The van der Waals surface area contributed by atoms with Crippen molar-refractivity contribution in [3.8, 4) is 5.75 Å². The van der Waals surface area contributed by atoms with E-state index < -0.39 is 0 Å². The van der Waals surface area contributed by atoms with Crippen molar-refractivity contribution in [2.45, 2.75) is 12.8 Å². The van der Waals surface area contributed by atoms with E-state index in [2.05, 4.69) is 42.9 Å². The molecule has 0 saturated heterocycles. The molecule has 0 fully saturated rings. The van der Waals surface area contributed by atoms with Crippen LogP contribution in [0, 0.1) is 0 Å². The number of hydrogen-bond acceptors (Lipinski definition) is 3. The van der Waals surface area contributed by atoms with Crippen molar-refractivity contribution >= 4 is 37.6 Å². The number of pyridine rings is 1. The summed E-state index contributed by atoms with van der Waals surface area (Å²) in [6.45, 7) is 0.686. The fraction of sp³-hybridized carbons (Fsp3) is 0.200. The van der Waals surface area contributed by atoms with Gasteiger partial charge in [-0.05, 0) is 39.7 Å². The van der Waals surface area contributed by atoms with Crippen LogP contribution in [0.2, 0.25) is 0 Å². The van der Waals surface area contributed by atoms with Gasteiger partial charge in [-0.1, -0.05) is 15.9 Å². The molecule has 1 aliphatic rings. The SMILES string of the molecule is O=C(Cc1cc(Br)cc2c1OCC2)c1cncc(Br)c1. The fourth-order valence-electron chi connectivity index (χ4n) is 2.32. The van der Waals surface area contributed by atoms with Crippen LogP contribution < -0.4 is 4.74 Å². The van der Waals surface area contributed by atoms with Gasteiger partial charge in [0, 0.05) is 45.3 Å². The van der Waals surface area contributed by atoms with Gasteiger partial charge in [-0.15, -0.1) is 0 Å². The number of ether oxygens (including phenoxy) is 1. The molecule has 0 spiro atoms. The predicted octanol–water partition coefficient (Wildman–Crippen LogP) is 3.97. The standard InChI is InChI=1S/C15H11Br2NO2/c16-12-3-9-1-2-20-15(9)10(4-12)6-14(19)11-5-13(17)8-18-7-11/h3-5,7-8H,1-2,6H2. The summed E-state index contributed by atoms with van der Waals surface area (Å²) in [6, 6.07) is 5.79. The molecule has 0 aliphatic carbocycles. The van der Waals surface area contributed by atoms with Crippen molar-refractivity contribution in [1.82, 2.24) is 4.98 Å². The van der Waals surface area contributed by atoms with Crippen LogP contribution in [-0.4, -0.2) is 17.4 Å². The summed E-state index contributed by atoms with van der Waals surface area (Å²) in [5, 5.41) is 0. The zero-order chi connectivity index (χ0) is 14.1. The number of nitrogens with zero attached hydrogens (tertiary/aromatic N) is 1. The summed E-state index contributed by atoms with van der Waals surface area (Å²) in [4.78, 5) is 16.4. The monoisotopic (exact) mass is 395 g/mol. The number of fused-ring (bicyclic) bond motifs is 1. The predicted molar refractivity (Wildman–Crippen MR) is 83.3 cm³/mol. The molecule has 0 bridgehead atoms. The number of carbonyl (C=O) groups is 1. The van der Waals surface area contributed by atoms with Crippen molar-refractivity contribution < 1.29 is 9.53 Å². The Kier molecular flexibility index (Phi) is 3.89. The van der Waals surface area contributed by atoms with Gasteiger partial charge in [-0.25, -0.2) is 0 Å². The first-order chi connectivity index (χ1) is 9.63. The molecule has 0 radical (unpaired) electrons. The summed E-state index contributed by atoms with van der Waals surface area (Å²) < 4.78 is 7.44. The summed E-state index contributed by atoms with van der Waals surface area (Å²) in [7, 11) is 0. The number of ketones is 1. The lowest BCUT2D eigenvalue weighted by atomic mass is 10.0. The van der Waals surface area contributed by atoms with E-state index in [9.17, 15) is 4.79 Å². The minimum Gasteiger partial charge on any atom is -0.493 e. The molecule has 0 atom stereocenters. The molecular formula is C15H11Br2NO2. The van der Waals surface area contributed by atoms with Crippen molar-refractivity contribution in [2.24, 2.45) is 0 Å². The van der Waals surface area contributed by atoms with E-state index in [0.717, 1.165) is 32.2 Å². The normalized spacial score (nSPS) is 12.9. The third kappa shape index (κ3) is 2.79. The molecule has 3 rings (SSSR count). The van der Waals surface area contributed by atoms with Gasteiger partial charge in [-0.3, -0.25) is 9.78 Å². The highest BCUT2D eigenvalue weighted by Crippen LogP contribution is 2.33. The molecule has 0 N–H and O–H groups in total.